The standard InChI is InChI=1S/C12H15N5O2/c1-7-4-10(6-13-5-7)11-14-15-16-17(11)9(3)8(2)12(18)19/h4-6,8-9H,1-3H3,(H,18,19). The van der Waals surface area contributed by atoms with Crippen molar-refractivity contribution in [2.45, 2.75) is 26.8 Å². The fourth-order valence-corrected chi connectivity index (χ4v) is 1.75. The molecule has 19 heavy (non-hydrogen) atoms. The lowest BCUT2D eigenvalue weighted by molar-refractivity contribution is -0.142. The fourth-order valence-electron chi connectivity index (χ4n) is 1.75. The van der Waals surface area contributed by atoms with Crippen LogP contribution in [0.3, 0.4) is 0 Å². The average molecular weight is 261 g/mol. The lowest BCUT2D eigenvalue weighted by Crippen LogP contribution is -2.23. The highest BCUT2D eigenvalue weighted by Crippen LogP contribution is 2.23. The first-order valence-electron chi connectivity index (χ1n) is 5.93. The zero-order valence-electron chi connectivity index (χ0n) is 11.0. The Morgan fingerprint density at radius 2 is 2.11 bits per heavy atom. The molecule has 7 nitrogen and oxygen atoms in total. The lowest BCUT2D eigenvalue weighted by atomic mass is 10.0. The summed E-state index contributed by atoms with van der Waals surface area (Å²) in [5.41, 5.74) is 1.76. The summed E-state index contributed by atoms with van der Waals surface area (Å²) >= 11 is 0. The first kappa shape index (κ1) is 13.1. The van der Waals surface area contributed by atoms with Gasteiger partial charge in [-0.25, -0.2) is 4.68 Å². The highest BCUT2D eigenvalue weighted by molar-refractivity contribution is 5.70. The van der Waals surface area contributed by atoms with Crippen molar-refractivity contribution in [1.82, 2.24) is 25.2 Å². The predicted octanol–water partition coefficient (Wildman–Crippen LogP) is 1.33. The van der Waals surface area contributed by atoms with Gasteiger partial charge in [0.1, 0.15) is 0 Å². The van der Waals surface area contributed by atoms with E-state index in [-0.39, 0.29) is 6.04 Å². The summed E-state index contributed by atoms with van der Waals surface area (Å²) in [5.74, 6) is -0.937. The van der Waals surface area contributed by atoms with Crippen LogP contribution >= 0.6 is 0 Å². The van der Waals surface area contributed by atoms with E-state index in [1.165, 1.54) is 4.68 Å². The van der Waals surface area contributed by atoms with E-state index in [1.54, 1.807) is 26.2 Å². The SMILES string of the molecule is Cc1cncc(-c2nnnn2C(C)C(C)C(=O)O)c1. The highest BCUT2D eigenvalue weighted by Gasteiger charge is 2.25. The van der Waals surface area contributed by atoms with E-state index in [2.05, 4.69) is 20.5 Å². The zero-order chi connectivity index (χ0) is 14.0. The Morgan fingerprint density at radius 3 is 2.74 bits per heavy atom. The van der Waals surface area contributed by atoms with Crippen molar-refractivity contribution < 1.29 is 9.90 Å². The van der Waals surface area contributed by atoms with Gasteiger partial charge in [-0.05, 0) is 42.8 Å². The van der Waals surface area contributed by atoms with Crippen molar-refractivity contribution in [3.63, 3.8) is 0 Å². The summed E-state index contributed by atoms with van der Waals surface area (Å²) < 4.78 is 1.52. The van der Waals surface area contributed by atoms with Crippen LogP contribution in [0.1, 0.15) is 25.5 Å². The number of hydrogen-bond acceptors (Lipinski definition) is 5. The smallest absolute Gasteiger partial charge is 0.308 e. The topological polar surface area (TPSA) is 93.8 Å². The Bertz CT molecular complexity index is 595. The van der Waals surface area contributed by atoms with Gasteiger partial charge in [0.15, 0.2) is 5.82 Å². The molecule has 0 saturated heterocycles. The van der Waals surface area contributed by atoms with Gasteiger partial charge in [-0.15, -0.1) is 5.10 Å². The number of rotatable bonds is 4. The minimum absolute atomic E-state index is 0.344. The number of aryl methyl sites for hydroxylation is 1. The van der Waals surface area contributed by atoms with Gasteiger partial charge in [-0.2, -0.15) is 0 Å². The lowest BCUT2D eigenvalue weighted by Gasteiger charge is -2.17. The number of aliphatic carboxylic acids is 1. The summed E-state index contributed by atoms with van der Waals surface area (Å²) in [7, 11) is 0. The minimum atomic E-state index is -0.878. The van der Waals surface area contributed by atoms with E-state index in [1.807, 2.05) is 13.0 Å². The summed E-state index contributed by atoms with van der Waals surface area (Å²) in [6.07, 6.45) is 3.40. The maximum Gasteiger partial charge on any atom is 0.308 e. The maximum absolute atomic E-state index is 11.0. The molecular weight excluding hydrogens is 246 g/mol. The molecular formula is C12H15N5O2. The summed E-state index contributed by atoms with van der Waals surface area (Å²) in [4.78, 5) is 15.1. The monoisotopic (exact) mass is 261 g/mol. The van der Waals surface area contributed by atoms with Crippen LogP contribution in [-0.4, -0.2) is 36.3 Å². The van der Waals surface area contributed by atoms with Crippen molar-refractivity contribution in [1.29, 1.82) is 0 Å². The number of aromatic nitrogens is 5. The number of hydrogen-bond donors (Lipinski definition) is 1. The van der Waals surface area contributed by atoms with Crippen LogP contribution < -0.4 is 0 Å². The third kappa shape index (κ3) is 2.59. The first-order valence-corrected chi connectivity index (χ1v) is 5.93. The van der Waals surface area contributed by atoms with Crippen LogP contribution in [0.5, 0.6) is 0 Å². The van der Waals surface area contributed by atoms with Gasteiger partial charge >= 0.3 is 5.97 Å². The molecule has 2 rings (SSSR count). The zero-order valence-corrected chi connectivity index (χ0v) is 11.0. The molecule has 0 bridgehead atoms. The molecule has 0 aromatic carbocycles. The third-order valence-corrected chi connectivity index (χ3v) is 3.12. The molecule has 0 radical (unpaired) electrons. The first-order chi connectivity index (χ1) is 9.00. The predicted molar refractivity (Wildman–Crippen MR) is 67.3 cm³/mol. The van der Waals surface area contributed by atoms with Gasteiger partial charge in [0.2, 0.25) is 0 Å². The van der Waals surface area contributed by atoms with Crippen LogP contribution in [0.2, 0.25) is 0 Å². The van der Waals surface area contributed by atoms with E-state index in [0.717, 1.165) is 11.1 Å². The Labute approximate surface area is 110 Å². The molecule has 2 aromatic rings. The highest BCUT2D eigenvalue weighted by atomic mass is 16.4. The number of carboxylic acid groups (broad SMARTS) is 1. The van der Waals surface area contributed by atoms with Crippen molar-refractivity contribution in [2.75, 3.05) is 0 Å². The number of carboxylic acids is 1. The Balaban J connectivity index is 2.40. The molecule has 2 heterocycles. The number of pyridine rings is 1. The molecule has 0 spiro atoms. The Hall–Kier alpha value is -2.31. The molecule has 0 amide bonds. The molecule has 7 heteroatoms. The van der Waals surface area contributed by atoms with Crippen LogP contribution in [0.15, 0.2) is 18.5 Å². The molecule has 2 unspecified atom stereocenters. The number of nitrogens with zero attached hydrogens (tertiary/aromatic N) is 5. The van der Waals surface area contributed by atoms with E-state index in [9.17, 15) is 4.79 Å². The molecule has 0 aliphatic carbocycles. The van der Waals surface area contributed by atoms with Crippen molar-refractivity contribution >= 4 is 5.97 Å². The van der Waals surface area contributed by atoms with E-state index in [0.29, 0.717) is 5.82 Å². The van der Waals surface area contributed by atoms with Gasteiger partial charge in [0.05, 0.1) is 12.0 Å². The quantitative estimate of drug-likeness (QED) is 0.892. The van der Waals surface area contributed by atoms with E-state index in [4.69, 9.17) is 5.11 Å². The van der Waals surface area contributed by atoms with E-state index >= 15 is 0 Å². The van der Waals surface area contributed by atoms with Crippen LogP contribution in [-0.2, 0) is 4.79 Å². The van der Waals surface area contributed by atoms with E-state index < -0.39 is 11.9 Å². The van der Waals surface area contributed by atoms with Gasteiger partial charge < -0.3 is 5.11 Å². The molecule has 1 N–H and O–H groups in total. The van der Waals surface area contributed by atoms with Gasteiger partial charge in [0.25, 0.3) is 0 Å². The van der Waals surface area contributed by atoms with Crippen LogP contribution in [0, 0.1) is 12.8 Å². The largest absolute Gasteiger partial charge is 0.481 e. The maximum atomic E-state index is 11.0. The summed E-state index contributed by atoms with van der Waals surface area (Å²) in [6.45, 7) is 5.34. The minimum Gasteiger partial charge on any atom is -0.481 e. The van der Waals surface area contributed by atoms with Gasteiger partial charge in [-0.3, -0.25) is 9.78 Å². The Morgan fingerprint density at radius 1 is 1.37 bits per heavy atom. The third-order valence-electron chi connectivity index (χ3n) is 3.12. The van der Waals surface area contributed by atoms with Crippen molar-refractivity contribution in [3.8, 4) is 11.4 Å². The summed E-state index contributed by atoms with van der Waals surface area (Å²) in [5, 5.41) is 20.5. The molecule has 2 atom stereocenters. The summed E-state index contributed by atoms with van der Waals surface area (Å²) in [6, 6.07) is 1.57. The van der Waals surface area contributed by atoms with Gasteiger partial charge in [-0.1, -0.05) is 0 Å². The molecule has 0 aliphatic heterocycles. The second-order valence-electron chi connectivity index (χ2n) is 4.57. The Kier molecular flexibility index (Phi) is 3.55. The normalized spacial score (nSPS) is 14.1. The van der Waals surface area contributed by atoms with Crippen LogP contribution in [0.25, 0.3) is 11.4 Å². The average Bonchev–Trinajstić information content (AvgIpc) is 2.86. The second-order valence-corrected chi connectivity index (χ2v) is 4.57. The molecule has 2 aromatic heterocycles. The fraction of sp³-hybridized carbons (Fsp3) is 0.417. The van der Waals surface area contributed by atoms with Crippen molar-refractivity contribution in [3.05, 3.63) is 24.0 Å². The number of tetrazole rings is 1. The number of carbonyl (C=O) groups is 1. The van der Waals surface area contributed by atoms with Gasteiger partial charge in [0, 0.05) is 18.0 Å². The molecule has 0 aliphatic rings. The van der Waals surface area contributed by atoms with Crippen molar-refractivity contribution in [2.24, 2.45) is 5.92 Å². The molecule has 100 valence electrons. The molecule has 0 saturated carbocycles. The van der Waals surface area contributed by atoms with Crippen LogP contribution in [0.4, 0.5) is 0 Å². The second kappa shape index (κ2) is 5.13. The molecule has 0 fully saturated rings.